The fourth-order valence-corrected chi connectivity index (χ4v) is 2.37. The Morgan fingerprint density at radius 3 is 2.89 bits per heavy atom. The van der Waals surface area contributed by atoms with Crippen LogP contribution in [0.4, 0.5) is 5.69 Å². The Morgan fingerprint density at radius 2 is 2.32 bits per heavy atom. The summed E-state index contributed by atoms with van der Waals surface area (Å²) in [6, 6.07) is 4.42. The van der Waals surface area contributed by atoms with Gasteiger partial charge >= 0.3 is 0 Å². The number of nitro groups is 1. The average Bonchev–Trinajstić information content (AvgIpc) is 2.91. The first-order valence-electron chi connectivity index (χ1n) is 5.79. The van der Waals surface area contributed by atoms with Crippen molar-refractivity contribution in [1.29, 1.82) is 0 Å². The maximum absolute atomic E-state index is 12.3. The van der Waals surface area contributed by atoms with Crippen molar-refractivity contribution in [2.75, 3.05) is 20.3 Å². The quantitative estimate of drug-likeness (QED) is 0.630. The summed E-state index contributed by atoms with van der Waals surface area (Å²) in [4.78, 5) is 24.2. The third-order valence-electron chi connectivity index (χ3n) is 3.16. The molecule has 1 heterocycles. The van der Waals surface area contributed by atoms with E-state index in [4.69, 9.17) is 4.74 Å². The number of amides is 1. The highest BCUT2D eigenvalue weighted by Crippen LogP contribution is 2.26. The van der Waals surface area contributed by atoms with Crippen LogP contribution >= 0.6 is 15.9 Å². The third-order valence-corrected chi connectivity index (χ3v) is 3.83. The van der Waals surface area contributed by atoms with Crippen molar-refractivity contribution in [3.63, 3.8) is 0 Å². The summed E-state index contributed by atoms with van der Waals surface area (Å²) in [6.07, 6.45) is 0.793. The summed E-state index contributed by atoms with van der Waals surface area (Å²) < 4.78 is 5.60. The van der Waals surface area contributed by atoms with E-state index < -0.39 is 4.92 Å². The lowest BCUT2D eigenvalue weighted by atomic mass is 10.1. The first kappa shape index (κ1) is 14.0. The fourth-order valence-electron chi connectivity index (χ4n) is 1.98. The molecule has 2 rings (SSSR count). The van der Waals surface area contributed by atoms with E-state index in [-0.39, 0.29) is 17.6 Å². The lowest BCUT2D eigenvalue weighted by Crippen LogP contribution is -2.37. The predicted octanol–water partition coefficient (Wildman–Crippen LogP) is 2.22. The number of nitrogens with zero attached hydrogens (tertiary/aromatic N) is 2. The highest BCUT2D eigenvalue weighted by molar-refractivity contribution is 9.10. The van der Waals surface area contributed by atoms with Crippen LogP contribution in [0.3, 0.4) is 0 Å². The molecular weight excluding hydrogens is 316 g/mol. The van der Waals surface area contributed by atoms with Gasteiger partial charge in [0.15, 0.2) is 0 Å². The van der Waals surface area contributed by atoms with Crippen LogP contribution in [0, 0.1) is 10.1 Å². The molecule has 7 heteroatoms. The summed E-state index contributed by atoms with van der Waals surface area (Å²) in [5.74, 6) is -0.230. The Bertz CT molecular complexity index is 514. The minimum absolute atomic E-state index is 0.0372. The number of carbonyl (C=O) groups is 1. The summed E-state index contributed by atoms with van der Waals surface area (Å²) in [6.45, 7) is 1.16. The van der Waals surface area contributed by atoms with Crippen LogP contribution in [0.5, 0.6) is 0 Å². The van der Waals surface area contributed by atoms with Gasteiger partial charge in [0.1, 0.15) is 0 Å². The van der Waals surface area contributed by atoms with Gasteiger partial charge in [0.2, 0.25) is 0 Å². The number of rotatable bonds is 3. The molecule has 1 aliphatic heterocycles. The van der Waals surface area contributed by atoms with Crippen LogP contribution in [0.1, 0.15) is 16.8 Å². The lowest BCUT2D eigenvalue weighted by molar-refractivity contribution is -0.385. The molecule has 102 valence electrons. The molecule has 1 amide bonds. The van der Waals surface area contributed by atoms with Gasteiger partial charge in [-0.25, -0.2) is 0 Å². The second kappa shape index (κ2) is 5.66. The highest BCUT2D eigenvalue weighted by atomic mass is 79.9. The van der Waals surface area contributed by atoms with Crippen molar-refractivity contribution in [2.24, 2.45) is 0 Å². The Kier molecular flexibility index (Phi) is 4.16. The van der Waals surface area contributed by atoms with Gasteiger partial charge in [0.05, 0.1) is 22.0 Å². The zero-order valence-corrected chi connectivity index (χ0v) is 11.9. The molecule has 1 atom stereocenters. The average molecular weight is 329 g/mol. The largest absolute Gasteiger partial charge is 0.379 e. The zero-order valence-electron chi connectivity index (χ0n) is 10.3. The minimum Gasteiger partial charge on any atom is -0.379 e. The molecule has 1 aromatic rings. The molecule has 19 heavy (non-hydrogen) atoms. The second-order valence-corrected chi connectivity index (χ2v) is 5.21. The van der Waals surface area contributed by atoms with Crippen molar-refractivity contribution in [1.82, 2.24) is 4.90 Å². The van der Waals surface area contributed by atoms with Crippen LogP contribution in [-0.2, 0) is 4.74 Å². The van der Waals surface area contributed by atoms with Crippen LogP contribution in [-0.4, -0.2) is 42.0 Å². The first-order valence-corrected chi connectivity index (χ1v) is 6.59. The van der Waals surface area contributed by atoms with Crippen molar-refractivity contribution >= 4 is 27.5 Å². The SMILES string of the molecule is CN(C(=O)c1ccc(Br)c([N+](=O)[O-])c1)C1CCOC1. The number of ether oxygens (including phenoxy) is 1. The number of likely N-dealkylation sites (N-methyl/N-ethyl adjacent to an activating group) is 1. The molecule has 0 bridgehead atoms. The maximum Gasteiger partial charge on any atom is 0.284 e. The van der Waals surface area contributed by atoms with E-state index >= 15 is 0 Å². The molecule has 0 spiro atoms. The van der Waals surface area contributed by atoms with Gasteiger partial charge in [-0.3, -0.25) is 14.9 Å². The molecule has 0 aromatic heterocycles. The first-order chi connectivity index (χ1) is 9.00. The normalized spacial score (nSPS) is 18.3. The number of hydrogen-bond donors (Lipinski definition) is 0. The fraction of sp³-hybridized carbons (Fsp3) is 0.417. The van der Waals surface area contributed by atoms with Crippen LogP contribution in [0.2, 0.25) is 0 Å². The summed E-state index contributed by atoms with van der Waals surface area (Å²) in [5.41, 5.74) is 0.200. The van der Waals surface area contributed by atoms with Crippen LogP contribution in [0.15, 0.2) is 22.7 Å². The van der Waals surface area contributed by atoms with Crippen LogP contribution < -0.4 is 0 Å². The number of benzene rings is 1. The molecule has 1 saturated heterocycles. The minimum atomic E-state index is -0.514. The van der Waals surface area contributed by atoms with E-state index in [1.807, 2.05) is 0 Å². The van der Waals surface area contributed by atoms with E-state index in [2.05, 4.69) is 15.9 Å². The Labute approximate surface area is 118 Å². The molecule has 0 aliphatic carbocycles. The van der Waals surface area contributed by atoms with Crippen molar-refractivity contribution in [2.45, 2.75) is 12.5 Å². The topological polar surface area (TPSA) is 72.7 Å². The number of carbonyl (C=O) groups excluding carboxylic acids is 1. The number of nitro benzene ring substituents is 1. The molecular formula is C12H13BrN2O4. The van der Waals surface area contributed by atoms with Gasteiger partial charge in [-0.1, -0.05) is 0 Å². The summed E-state index contributed by atoms with van der Waals surface area (Å²) >= 11 is 3.10. The smallest absolute Gasteiger partial charge is 0.284 e. The standard InChI is InChI=1S/C12H13BrN2O4/c1-14(9-4-5-19-7-9)12(16)8-2-3-10(13)11(6-8)15(17)18/h2-3,6,9H,4-5,7H2,1H3. The van der Waals surface area contributed by atoms with E-state index in [9.17, 15) is 14.9 Å². The van der Waals surface area contributed by atoms with Gasteiger partial charge < -0.3 is 9.64 Å². The second-order valence-electron chi connectivity index (χ2n) is 4.36. The van der Waals surface area contributed by atoms with Gasteiger partial charge in [-0.05, 0) is 34.5 Å². The van der Waals surface area contributed by atoms with Crippen molar-refractivity contribution in [3.8, 4) is 0 Å². The Hall–Kier alpha value is -1.47. The van der Waals surface area contributed by atoms with Crippen molar-refractivity contribution in [3.05, 3.63) is 38.3 Å². The van der Waals surface area contributed by atoms with Gasteiger partial charge in [-0.15, -0.1) is 0 Å². The number of hydrogen-bond acceptors (Lipinski definition) is 4. The molecule has 1 fully saturated rings. The summed E-state index contributed by atoms with van der Waals surface area (Å²) in [7, 11) is 1.69. The maximum atomic E-state index is 12.3. The van der Waals surface area contributed by atoms with E-state index in [0.717, 1.165) is 6.42 Å². The molecule has 0 radical (unpaired) electrons. The van der Waals surface area contributed by atoms with Gasteiger partial charge in [0, 0.05) is 25.3 Å². The highest BCUT2D eigenvalue weighted by Gasteiger charge is 2.26. The molecule has 1 aromatic carbocycles. The number of halogens is 1. The zero-order chi connectivity index (χ0) is 14.0. The van der Waals surface area contributed by atoms with E-state index in [1.54, 1.807) is 18.0 Å². The summed E-state index contributed by atoms with van der Waals surface area (Å²) in [5, 5.41) is 10.9. The monoisotopic (exact) mass is 328 g/mol. The molecule has 0 N–H and O–H groups in total. The third kappa shape index (κ3) is 2.93. The predicted molar refractivity (Wildman–Crippen MR) is 72.1 cm³/mol. The Morgan fingerprint density at radius 1 is 1.58 bits per heavy atom. The molecule has 6 nitrogen and oxygen atoms in total. The van der Waals surface area contributed by atoms with Gasteiger partial charge in [-0.2, -0.15) is 0 Å². The molecule has 0 saturated carbocycles. The molecule has 1 unspecified atom stereocenters. The van der Waals surface area contributed by atoms with Gasteiger partial charge in [0.25, 0.3) is 11.6 Å². The van der Waals surface area contributed by atoms with E-state index in [0.29, 0.717) is 23.2 Å². The van der Waals surface area contributed by atoms with Crippen molar-refractivity contribution < 1.29 is 14.5 Å². The van der Waals surface area contributed by atoms with Crippen LogP contribution in [0.25, 0.3) is 0 Å². The molecule has 1 aliphatic rings. The lowest BCUT2D eigenvalue weighted by Gasteiger charge is -2.23. The van der Waals surface area contributed by atoms with E-state index in [1.165, 1.54) is 12.1 Å². The Balaban J connectivity index is 2.23.